The highest BCUT2D eigenvalue weighted by atomic mass is 32.2. The molecule has 0 bridgehead atoms. The molecule has 0 fully saturated rings. The molecular formula is C20H15NO3S2. The summed E-state index contributed by atoms with van der Waals surface area (Å²) < 4.78 is 11.1. The maximum Gasteiger partial charge on any atom is 0.265 e. The van der Waals surface area contributed by atoms with Gasteiger partial charge in [-0.25, -0.2) is 0 Å². The molecule has 5 rings (SSSR count). The van der Waals surface area contributed by atoms with Gasteiger partial charge in [0.05, 0.1) is 4.88 Å². The Kier molecular flexibility index (Phi) is 3.87. The van der Waals surface area contributed by atoms with E-state index in [0.29, 0.717) is 24.7 Å². The van der Waals surface area contributed by atoms with E-state index in [9.17, 15) is 4.79 Å². The van der Waals surface area contributed by atoms with Crippen LogP contribution in [0.4, 0.5) is 5.69 Å². The molecule has 0 saturated carbocycles. The predicted octanol–water partition coefficient (Wildman–Crippen LogP) is 5.04. The minimum absolute atomic E-state index is 0.0939. The second kappa shape index (κ2) is 6.37. The van der Waals surface area contributed by atoms with Crippen LogP contribution >= 0.6 is 23.1 Å². The molecule has 26 heavy (non-hydrogen) atoms. The highest BCUT2D eigenvalue weighted by Crippen LogP contribution is 2.45. The van der Waals surface area contributed by atoms with Gasteiger partial charge in [-0.05, 0) is 29.8 Å². The lowest BCUT2D eigenvalue weighted by Gasteiger charge is -2.18. The first-order valence-corrected chi connectivity index (χ1v) is 10.1. The summed E-state index contributed by atoms with van der Waals surface area (Å²) in [6.45, 7) is 1.08. The Balaban J connectivity index is 1.41. The van der Waals surface area contributed by atoms with E-state index in [2.05, 4.69) is 23.5 Å². The third-order valence-electron chi connectivity index (χ3n) is 4.35. The Labute approximate surface area is 159 Å². The van der Waals surface area contributed by atoms with Gasteiger partial charge in [-0.1, -0.05) is 18.2 Å². The molecule has 1 N–H and O–H groups in total. The molecule has 0 atom stereocenters. The van der Waals surface area contributed by atoms with E-state index in [0.717, 1.165) is 16.4 Å². The lowest BCUT2D eigenvalue weighted by molar-refractivity contribution is 0.103. The zero-order valence-corrected chi connectivity index (χ0v) is 15.4. The van der Waals surface area contributed by atoms with E-state index in [-0.39, 0.29) is 5.91 Å². The molecule has 0 aliphatic carbocycles. The summed E-state index contributed by atoms with van der Waals surface area (Å²) in [6, 6.07) is 15.8. The maximum absolute atomic E-state index is 12.7. The van der Waals surface area contributed by atoms with Gasteiger partial charge in [0.15, 0.2) is 11.5 Å². The number of ether oxygens (including phenoxy) is 2. The highest BCUT2D eigenvalue weighted by Gasteiger charge is 2.22. The van der Waals surface area contributed by atoms with Crippen molar-refractivity contribution in [2.45, 2.75) is 10.6 Å². The first kappa shape index (κ1) is 15.8. The van der Waals surface area contributed by atoms with Gasteiger partial charge in [-0.15, -0.1) is 23.1 Å². The molecule has 0 radical (unpaired) electrons. The highest BCUT2D eigenvalue weighted by molar-refractivity contribution is 7.98. The molecule has 0 unspecified atom stereocenters. The monoisotopic (exact) mass is 381 g/mol. The molecule has 130 valence electrons. The van der Waals surface area contributed by atoms with Gasteiger partial charge in [-0.3, -0.25) is 4.79 Å². The second-order valence-electron chi connectivity index (χ2n) is 6.06. The summed E-state index contributed by atoms with van der Waals surface area (Å²) in [6.07, 6.45) is 0. The van der Waals surface area contributed by atoms with Crippen molar-refractivity contribution < 1.29 is 14.3 Å². The van der Waals surface area contributed by atoms with Crippen molar-refractivity contribution in [2.75, 3.05) is 18.5 Å². The molecule has 4 nitrogen and oxygen atoms in total. The van der Waals surface area contributed by atoms with Crippen LogP contribution in [0.25, 0.3) is 10.4 Å². The van der Waals surface area contributed by atoms with Crippen LogP contribution in [0.5, 0.6) is 11.5 Å². The lowest BCUT2D eigenvalue weighted by atomic mass is 10.1. The second-order valence-corrected chi connectivity index (χ2v) is 8.13. The molecule has 2 aliphatic rings. The lowest BCUT2D eigenvalue weighted by Crippen LogP contribution is -2.16. The van der Waals surface area contributed by atoms with Crippen molar-refractivity contribution >= 4 is 34.7 Å². The number of benzene rings is 2. The fraction of sp³-hybridized carbons (Fsp3) is 0.150. The number of hydrogen-bond acceptors (Lipinski definition) is 5. The van der Waals surface area contributed by atoms with E-state index in [4.69, 9.17) is 9.47 Å². The van der Waals surface area contributed by atoms with Crippen molar-refractivity contribution in [3.63, 3.8) is 0 Å². The first-order chi connectivity index (χ1) is 12.8. The first-order valence-electron chi connectivity index (χ1n) is 8.34. The number of nitrogens with one attached hydrogen (secondary N) is 1. The summed E-state index contributed by atoms with van der Waals surface area (Å²) in [5, 5.41) is 2.97. The largest absolute Gasteiger partial charge is 0.486 e. The fourth-order valence-corrected chi connectivity index (χ4v) is 5.44. The summed E-state index contributed by atoms with van der Waals surface area (Å²) in [7, 11) is 0. The molecule has 2 aliphatic heterocycles. The topological polar surface area (TPSA) is 47.6 Å². The number of amides is 1. The molecule has 0 spiro atoms. The van der Waals surface area contributed by atoms with Gasteiger partial charge in [-0.2, -0.15) is 0 Å². The number of rotatable bonds is 2. The normalized spacial score (nSPS) is 14.3. The van der Waals surface area contributed by atoms with Crippen molar-refractivity contribution in [2.24, 2.45) is 0 Å². The minimum atomic E-state index is -0.0939. The third-order valence-corrected chi connectivity index (χ3v) is 6.68. The molecule has 3 aromatic rings. The zero-order chi connectivity index (χ0) is 17.5. The summed E-state index contributed by atoms with van der Waals surface area (Å²) in [4.78, 5) is 15.9. The number of hydrogen-bond donors (Lipinski definition) is 1. The van der Waals surface area contributed by atoms with Crippen LogP contribution in [0.15, 0.2) is 53.4 Å². The average Bonchev–Trinajstić information content (AvgIpc) is 3.13. The molecule has 6 heteroatoms. The van der Waals surface area contributed by atoms with E-state index >= 15 is 0 Å². The molecule has 1 amide bonds. The van der Waals surface area contributed by atoms with Gasteiger partial charge < -0.3 is 14.8 Å². The fourth-order valence-electron chi connectivity index (χ4n) is 3.13. The Morgan fingerprint density at radius 2 is 1.85 bits per heavy atom. The van der Waals surface area contributed by atoms with Gasteiger partial charge in [0.1, 0.15) is 13.2 Å². The SMILES string of the molecule is O=C(Nc1ccc2c(c1)OCCO2)c1cc2c(s1)-c1ccccc1SC2. The summed E-state index contributed by atoms with van der Waals surface area (Å²) in [5.41, 5.74) is 3.16. The van der Waals surface area contributed by atoms with E-state index in [1.54, 1.807) is 11.3 Å². The summed E-state index contributed by atoms with van der Waals surface area (Å²) in [5.74, 6) is 2.20. The van der Waals surface area contributed by atoms with Gasteiger partial charge in [0.25, 0.3) is 5.91 Å². The maximum atomic E-state index is 12.7. The molecular weight excluding hydrogens is 366 g/mol. The van der Waals surface area contributed by atoms with Crippen LogP contribution in [0.2, 0.25) is 0 Å². The van der Waals surface area contributed by atoms with Crippen LogP contribution in [0, 0.1) is 0 Å². The molecule has 1 aromatic heterocycles. The van der Waals surface area contributed by atoms with Crippen LogP contribution in [-0.4, -0.2) is 19.1 Å². The zero-order valence-electron chi connectivity index (χ0n) is 13.8. The number of fused-ring (bicyclic) bond motifs is 4. The predicted molar refractivity (Wildman–Crippen MR) is 105 cm³/mol. The summed E-state index contributed by atoms with van der Waals surface area (Å²) >= 11 is 3.37. The molecule has 3 heterocycles. The van der Waals surface area contributed by atoms with Gasteiger partial charge in [0.2, 0.25) is 0 Å². The van der Waals surface area contributed by atoms with Crippen molar-refractivity contribution in [3.8, 4) is 21.9 Å². The van der Waals surface area contributed by atoms with E-state index < -0.39 is 0 Å². The standard InChI is InChI=1S/C20H15NO3S2/c22-20(21-13-5-6-15-16(10-13)24-8-7-23-15)18-9-12-11-25-17-4-2-1-3-14(17)19(12)26-18/h1-6,9-10H,7-8,11H2,(H,21,22). The number of thioether (sulfide) groups is 1. The van der Waals surface area contributed by atoms with E-state index in [1.165, 1.54) is 20.9 Å². The number of carbonyl (C=O) groups is 1. The number of carbonyl (C=O) groups excluding carboxylic acids is 1. The van der Waals surface area contributed by atoms with Crippen molar-refractivity contribution in [1.29, 1.82) is 0 Å². The Morgan fingerprint density at radius 3 is 2.77 bits per heavy atom. The van der Waals surface area contributed by atoms with Crippen LogP contribution < -0.4 is 14.8 Å². The van der Waals surface area contributed by atoms with Gasteiger partial charge >= 0.3 is 0 Å². The number of thiophene rings is 1. The third kappa shape index (κ3) is 2.75. The Hall–Kier alpha value is -2.44. The molecule has 2 aromatic carbocycles. The van der Waals surface area contributed by atoms with Gasteiger partial charge in [0, 0.05) is 32.8 Å². The van der Waals surface area contributed by atoms with Crippen molar-refractivity contribution in [1.82, 2.24) is 0 Å². The molecule has 0 saturated heterocycles. The van der Waals surface area contributed by atoms with Crippen LogP contribution in [0.1, 0.15) is 15.2 Å². The minimum Gasteiger partial charge on any atom is -0.486 e. The number of anilines is 1. The smallest absolute Gasteiger partial charge is 0.265 e. The van der Waals surface area contributed by atoms with Crippen molar-refractivity contribution in [3.05, 3.63) is 59.0 Å². The van der Waals surface area contributed by atoms with E-state index in [1.807, 2.05) is 42.1 Å². The van der Waals surface area contributed by atoms with Crippen LogP contribution in [-0.2, 0) is 5.75 Å². The Bertz CT molecular complexity index is 1010. The quantitative estimate of drug-likeness (QED) is 0.675. The average molecular weight is 381 g/mol. The van der Waals surface area contributed by atoms with Crippen LogP contribution in [0.3, 0.4) is 0 Å². The Morgan fingerprint density at radius 1 is 1.00 bits per heavy atom.